The van der Waals surface area contributed by atoms with Gasteiger partial charge in [0.15, 0.2) is 0 Å². The molecule has 0 radical (unpaired) electrons. The molecule has 0 N–H and O–H groups in total. The first-order valence-electron chi connectivity index (χ1n) is 7.49. The van der Waals surface area contributed by atoms with E-state index >= 15 is 0 Å². The largest absolute Gasteiger partial charge is 0.370 e. The molecule has 3 heterocycles. The normalized spacial score (nSPS) is 22.4. The molecule has 0 aliphatic carbocycles. The summed E-state index contributed by atoms with van der Waals surface area (Å²) >= 11 is 1.73. The molecule has 5 heteroatoms. The molecule has 2 aliphatic rings. The second-order valence-electron chi connectivity index (χ2n) is 6.22. The van der Waals surface area contributed by atoms with Crippen molar-refractivity contribution in [1.29, 1.82) is 0 Å². The molecule has 0 aromatic carbocycles. The van der Waals surface area contributed by atoms with Crippen LogP contribution in [0.4, 0.5) is 5.13 Å². The molecule has 0 saturated carbocycles. The van der Waals surface area contributed by atoms with Crippen molar-refractivity contribution < 1.29 is 4.74 Å². The Kier molecular flexibility index (Phi) is 3.82. The van der Waals surface area contributed by atoms with Crippen molar-refractivity contribution in [3.63, 3.8) is 0 Å². The number of nitrogens with zero attached hydrogens (tertiary/aromatic N) is 3. The molecule has 20 heavy (non-hydrogen) atoms. The number of ether oxygens (including phenoxy) is 1. The van der Waals surface area contributed by atoms with Gasteiger partial charge >= 0.3 is 0 Å². The highest BCUT2D eigenvalue weighted by Crippen LogP contribution is 2.35. The summed E-state index contributed by atoms with van der Waals surface area (Å²) in [5.74, 6) is 0.463. The van der Waals surface area contributed by atoms with Crippen LogP contribution in [-0.4, -0.2) is 35.5 Å². The van der Waals surface area contributed by atoms with E-state index in [1.807, 2.05) is 0 Å². The minimum Gasteiger partial charge on any atom is -0.370 e. The molecule has 1 saturated heterocycles. The van der Waals surface area contributed by atoms with Crippen molar-refractivity contribution in [1.82, 2.24) is 10.2 Å². The zero-order valence-electron chi connectivity index (χ0n) is 12.6. The van der Waals surface area contributed by atoms with E-state index in [2.05, 4.69) is 41.9 Å². The van der Waals surface area contributed by atoms with Crippen molar-refractivity contribution in [3.8, 4) is 0 Å². The highest BCUT2D eigenvalue weighted by atomic mass is 32.1. The molecule has 0 amide bonds. The Morgan fingerprint density at radius 1 is 1.30 bits per heavy atom. The van der Waals surface area contributed by atoms with E-state index in [1.165, 1.54) is 5.57 Å². The maximum atomic E-state index is 6.07. The van der Waals surface area contributed by atoms with Crippen molar-refractivity contribution in [2.75, 3.05) is 24.6 Å². The number of hydrogen-bond acceptors (Lipinski definition) is 5. The second kappa shape index (κ2) is 5.45. The zero-order valence-corrected chi connectivity index (χ0v) is 13.4. The van der Waals surface area contributed by atoms with Crippen LogP contribution in [0.5, 0.6) is 0 Å². The van der Waals surface area contributed by atoms with E-state index in [9.17, 15) is 0 Å². The van der Waals surface area contributed by atoms with Gasteiger partial charge in [-0.15, -0.1) is 10.2 Å². The maximum absolute atomic E-state index is 6.07. The Balaban J connectivity index is 1.67. The third-order valence-corrected chi connectivity index (χ3v) is 5.48. The van der Waals surface area contributed by atoms with E-state index < -0.39 is 0 Å². The lowest BCUT2D eigenvalue weighted by atomic mass is 9.87. The van der Waals surface area contributed by atoms with Crippen LogP contribution in [0, 0.1) is 0 Å². The number of anilines is 1. The Labute approximate surface area is 124 Å². The van der Waals surface area contributed by atoms with Crippen molar-refractivity contribution in [2.24, 2.45) is 0 Å². The lowest BCUT2D eigenvalue weighted by Crippen LogP contribution is -2.46. The molecule has 0 bridgehead atoms. The number of aromatic nitrogens is 2. The van der Waals surface area contributed by atoms with Gasteiger partial charge in [0.1, 0.15) is 5.01 Å². The van der Waals surface area contributed by atoms with Crippen LogP contribution >= 0.6 is 11.3 Å². The zero-order chi connectivity index (χ0) is 14.2. The molecule has 1 aromatic heterocycles. The fourth-order valence-electron chi connectivity index (χ4n) is 2.93. The molecule has 1 fully saturated rings. The van der Waals surface area contributed by atoms with Crippen molar-refractivity contribution in [2.45, 2.75) is 51.6 Å². The maximum Gasteiger partial charge on any atom is 0.208 e. The molecule has 1 spiro atoms. The number of hydrogen-bond donors (Lipinski definition) is 0. The van der Waals surface area contributed by atoms with E-state index in [0.717, 1.165) is 49.1 Å². The smallest absolute Gasteiger partial charge is 0.208 e. The van der Waals surface area contributed by atoms with Gasteiger partial charge in [-0.2, -0.15) is 0 Å². The Hall–Kier alpha value is -0.940. The van der Waals surface area contributed by atoms with Gasteiger partial charge in [-0.1, -0.05) is 36.8 Å². The summed E-state index contributed by atoms with van der Waals surface area (Å²) in [5, 5.41) is 10.8. The minimum atomic E-state index is -0.00952. The molecular weight excluding hydrogens is 270 g/mol. The molecular formula is C15H23N3OS. The third-order valence-electron chi connectivity index (χ3n) is 4.20. The summed E-state index contributed by atoms with van der Waals surface area (Å²) in [4.78, 5) is 2.36. The third kappa shape index (κ3) is 2.74. The van der Waals surface area contributed by atoms with Crippen LogP contribution in [0.2, 0.25) is 0 Å². The molecule has 2 aliphatic heterocycles. The molecule has 1 aromatic rings. The average Bonchev–Trinajstić information content (AvgIpc) is 2.89. The van der Waals surface area contributed by atoms with E-state index in [4.69, 9.17) is 4.74 Å². The van der Waals surface area contributed by atoms with Gasteiger partial charge in [-0.05, 0) is 26.2 Å². The first kappa shape index (κ1) is 14.0. The van der Waals surface area contributed by atoms with Gasteiger partial charge in [-0.3, -0.25) is 0 Å². The summed E-state index contributed by atoms with van der Waals surface area (Å²) in [5.41, 5.74) is 1.47. The molecule has 0 unspecified atom stereocenters. The standard InChI is InChI=1S/C15H23N3OS/c1-11(2)13-16-17-14(20-13)18-7-5-15(6-8-18)10-12(3)4-9-19-15/h10-11H,4-9H2,1-3H3. The van der Waals surface area contributed by atoms with E-state index in [1.54, 1.807) is 11.3 Å². The van der Waals surface area contributed by atoms with E-state index in [-0.39, 0.29) is 5.60 Å². The fraction of sp³-hybridized carbons (Fsp3) is 0.733. The fourth-order valence-corrected chi connectivity index (χ4v) is 3.83. The van der Waals surface area contributed by atoms with Crippen LogP contribution in [0.3, 0.4) is 0 Å². The van der Waals surface area contributed by atoms with Gasteiger partial charge < -0.3 is 9.64 Å². The van der Waals surface area contributed by atoms with Crippen LogP contribution in [-0.2, 0) is 4.74 Å². The predicted octanol–water partition coefficient (Wildman–Crippen LogP) is 3.37. The summed E-state index contributed by atoms with van der Waals surface area (Å²) in [6.45, 7) is 9.44. The predicted molar refractivity (Wildman–Crippen MR) is 82.5 cm³/mol. The van der Waals surface area contributed by atoms with Crippen LogP contribution in [0.1, 0.15) is 51.0 Å². The second-order valence-corrected chi connectivity index (χ2v) is 7.21. The molecule has 3 rings (SSSR count). The van der Waals surface area contributed by atoms with Crippen molar-refractivity contribution in [3.05, 3.63) is 16.7 Å². The van der Waals surface area contributed by atoms with Gasteiger partial charge in [0, 0.05) is 19.0 Å². The monoisotopic (exact) mass is 293 g/mol. The lowest BCUT2D eigenvalue weighted by molar-refractivity contribution is -0.0325. The SMILES string of the molecule is CC1=CC2(CCN(c3nnc(C(C)C)s3)CC2)OCC1. The topological polar surface area (TPSA) is 38.2 Å². The highest BCUT2D eigenvalue weighted by molar-refractivity contribution is 7.15. The Bertz CT molecular complexity index is 501. The van der Waals surface area contributed by atoms with Gasteiger partial charge in [0.05, 0.1) is 12.2 Å². The summed E-state index contributed by atoms with van der Waals surface area (Å²) in [6, 6.07) is 0. The first-order valence-corrected chi connectivity index (χ1v) is 8.30. The summed E-state index contributed by atoms with van der Waals surface area (Å²) < 4.78 is 6.07. The van der Waals surface area contributed by atoms with Crippen LogP contribution in [0.25, 0.3) is 0 Å². The molecule has 110 valence electrons. The van der Waals surface area contributed by atoms with Gasteiger partial charge in [0.25, 0.3) is 0 Å². The van der Waals surface area contributed by atoms with Crippen LogP contribution in [0.15, 0.2) is 11.6 Å². The minimum absolute atomic E-state index is 0.00952. The lowest BCUT2D eigenvalue weighted by Gasteiger charge is -2.42. The summed E-state index contributed by atoms with van der Waals surface area (Å²) in [7, 11) is 0. The van der Waals surface area contributed by atoms with Gasteiger partial charge in [0.2, 0.25) is 5.13 Å². The molecule has 4 nitrogen and oxygen atoms in total. The number of piperidine rings is 1. The van der Waals surface area contributed by atoms with Crippen LogP contribution < -0.4 is 4.90 Å². The quantitative estimate of drug-likeness (QED) is 0.784. The highest BCUT2D eigenvalue weighted by Gasteiger charge is 2.36. The number of rotatable bonds is 2. The Morgan fingerprint density at radius 3 is 2.65 bits per heavy atom. The Morgan fingerprint density at radius 2 is 2.05 bits per heavy atom. The first-order chi connectivity index (χ1) is 9.58. The summed E-state index contributed by atoms with van der Waals surface area (Å²) in [6.07, 6.45) is 5.55. The van der Waals surface area contributed by atoms with E-state index in [0.29, 0.717) is 5.92 Å². The average molecular weight is 293 g/mol. The van der Waals surface area contributed by atoms with Crippen molar-refractivity contribution >= 4 is 16.5 Å². The van der Waals surface area contributed by atoms with Gasteiger partial charge in [-0.25, -0.2) is 0 Å². The molecule has 0 atom stereocenters.